The molecule has 0 fully saturated rings. The Morgan fingerprint density at radius 2 is 1.93 bits per heavy atom. The van der Waals surface area contributed by atoms with Gasteiger partial charge in [-0.05, 0) is 49.2 Å². The van der Waals surface area contributed by atoms with Crippen LogP contribution in [0.4, 0.5) is 10.1 Å². The highest BCUT2D eigenvalue weighted by molar-refractivity contribution is 6.31. The van der Waals surface area contributed by atoms with E-state index in [9.17, 15) is 14.0 Å². The zero-order valence-corrected chi connectivity index (χ0v) is 15.9. The van der Waals surface area contributed by atoms with Gasteiger partial charge in [-0.1, -0.05) is 24.4 Å². The van der Waals surface area contributed by atoms with Crippen molar-refractivity contribution in [2.75, 3.05) is 5.32 Å². The van der Waals surface area contributed by atoms with Crippen molar-refractivity contribution in [1.82, 2.24) is 9.55 Å². The molecule has 144 valence electrons. The number of aryl methyl sites for hydroxylation is 1. The van der Waals surface area contributed by atoms with Gasteiger partial charge in [0.05, 0.1) is 15.9 Å². The first kappa shape index (κ1) is 18.6. The van der Waals surface area contributed by atoms with Gasteiger partial charge in [0.2, 0.25) is 0 Å². The number of nitrogens with zero attached hydrogens (tertiary/aromatic N) is 2. The fourth-order valence-corrected chi connectivity index (χ4v) is 3.69. The first-order valence-electron chi connectivity index (χ1n) is 9.33. The molecule has 1 aliphatic rings. The molecule has 3 aromatic rings. The number of aromatic nitrogens is 2. The molecule has 0 radical (unpaired) electrons. The molecule has 2 heterocycles. The summed E-state index contributed by atoms with van der Waals surface area (Å²) in [6, 6.07) is 8.84. The van der Waals surface area contributed by atoms with E-state index >= 15 is 0 Å². The van der Waals surface area contributed by atoms with Crippen LogP contribution in [0.1, 0.15) is 41.9 Å². The van der Waals surface area contributed by atoms with Crippen LogP contribution < -0.4 is 10.9 Å². The maximum absolute atomic E-state index is 13.3. The lowest BCUT2D eigenvalue weighted by Crippen LogP contribution is -2.26. The van der Waals surface area contributed by atoms with E-state index in [1.165, 1.54) is 18.2 Å². The van der Waals surface area contributed by atoms with E-state index in [2.05, 4.69) is 10.3 Å². The highest BCUT2D eigenvalue weighted by atomic mass is 35.5. The average Bonchev–Trinajstić information content (AvgIpc) is 2.66. The van der Waals surface area contributed by atoms with E-state index in [-0.39, 0.29) is 16.5 Å². The third-order valence-corrected chi connectivity index (χ3v) is 5.30. The van der Waals surface area contributed by atoms with Crippen molar-refractivity contribution in [2.24, 2.45) is 0 Å². The van der Waals surface area contributed by atoms with Crippen LogP contribution in [0, 0.1) is 5.82 Å². The molecule has 7 heteroatoms. The summed E-state index contributed by atoms with van der Waals surface area (Å²) in [6.45, 7) is 0.685. The molecular formula is C21H19ClFN3O2. The summed E-state index contributed by atoms with van der Waals surface area (Å²) < 4.78 is 15.0. The molecule has 4 rings (SSSR count). The first-order valence-corrected chi connectivity index (χ1v) is 9.70. The molecule has 0 spiro atoms. The number of amides is 1. The number of nitrogens with one attached hydrogen (secondary N) is 1. The lowest BCUT2D eigenvalue weighted by molar-refractivity contribution is 0.102. The van der Waals surface area contributed by atoms with Crippen LogP contribution in [0.25, 0.3) is 10.9 Å². The second kappa shape index (κ2) is 7.72. The quantitative estimate of drug-likeness (QED) is 0.687. The molecule has 1 N–H and O–H groups in total. The van der Waals surface area contributed by atoms with Crippen molar-refractivity contribution < 1.29 is 9.18 Å². The number of carbonyl (C=O) groups is 1. The fraction of sp³-hybridized carbons (Fsp3) is 0.286. The van der Waals surface area contributed by atoms with Crippen LogP contribution in [0.5, 0.6) is 0 Å². The number of carbonyl (C=O) groups excluding carboxylic acids is 1. The molecule has 1 aromatic heterocycles. The Labute approximate surface area is 166 Å². The van der Waals surface area contributed by atoms with E-state index in [0.29, 0.717) is 28.7 Å². The Hall–Kier alpha value is -2.73. The standard InChI is InChI=1S/C21H19ClFN3O2/c22-16-12-14(7-9-17(16)23)24-20(27)13-6-8-15-18(11-13)25-19-5-3-1-2-4-10-26(19)21(15)28/h6-9,11-12H,1-5,10H2,(H,24,27). The lowest BCUT2D eigenvalue weighted by Gasteiger charge is -2.16. The van der Waals surface area contributed by atoms with Gasteiger partial charge < -0.3 is 5.32 Å². The molecule has 0 saturated carbocycles. The summed E-state index contributed by atoms with van der Waals surface area (Å²) in [5, 5.41) is 3.13. The highest BCUT2D eigenvalue weighted by Crippen LogP contribution is 2.21. The fourth-order valence-electron chi connectivity index (χ4n) is 3.51. The predicted octanol–water partition coefficient (Wildman–Crippen LogP) is 4.56. The Kier molecular flexibility index (Phi) is 5.13. The minimum absolute atomic E-state index is 0.0563. The summed E-state index contributed by atoms with van der Waals surface area (Å²) in [7, 11) is 0. The van der Waals surface area contributed by atoms with Gasteiger partial charge in [-0.15, -0.1) is 0 Å². The molecule has 0 unspecified atom stereocenters. The number of hydrogen-bond acceptors (Lipinski definition) is 3. The molecule has 1 amide bonds. The Morgan fingerprint density at radius 3 is 2.75 bits per heavy atom. The van der Waals surface area contributed by atoms with Crippen LogP contribution >= 0.6 is 11.6 Å². The van der Waals surface area contributed by atoms with E-state index in [1.807, 2.05) is 0 Å². The number of hydrogen-bond donors (Lipinski definition) is 1. The largest absolute Gasteiger partial charge is 0.322 e. The van der Waals surface area contributed by atoms with Gasteiger partial charge in [-0.25, -0.2) is 9.37 Å². The van der Waals surface area contributed by atoms with Crippen molar-refractivity contribution >= 4 is 34.1 Å². The molecule has 2 aromatic carbocycles. The Morgan fingerprint density at radius 1 is 1.11 bits per heavy atom. The van der Waals surface area contributed by atoms with Crippen LogP contribution in [0.15, 0.2) is 41.2 Å². The topological polar surface area (TPSA) is 64.0 Å². The molecule has 1 aliphatic heterocycles. The van der Waals surface area contributed by atoms with Crippen molar-refractivity contribution in [3.63, 3.8) is 0 Å². The summed E-state index contributed by atoms with van der Waals surface area (Å²) in [4.78, 5) is 30.1. The third-order valence-electron chi connectivity index (χ3n) is 5.01. The predicted molar refractivity (Wildman–Crippen MR) is 108 cm³/mol. The molecule has 28 heavy (non-hydrogen) atoms. The number of benzene rings is 2. The van der Waals surface area contributed by atoms with E-state index < -0.39 is 5.82 Å². The highest BCUT2D eigenvalue weighted by Gasteiger charge is 2.15. The van der Waals surface area contributed by atoms with Crippen molar-refractivity contribution in [3.05, 3.63) is 69.0 Å². The average molecular weight is 400 g/mol. The molecule has 0 atom stereocenters. The normalized spacial score (nSPS) is 14.2. The second-order valence-corrected chi connectivity index (χ2v) is 7.37. The number of halogens is 2. The molecular weight excluding hydrogens is 381 g/mol. The third kappa shape index (κ3) is 3.64. The zero-order valence-electron chi connectivity index (χ0n) is 15.2. The van der Waals surface area contributed by atoms with Gasteiger partial charge in [0.1, 0.15) is 11.6 Å². The van der Waals surface area contributed by atoms with E-state index in [1.54, 1.807) is 22.8 Å². The summed E-state index contributed by atoms with van der Waals surface area (Å²) >= 11 is 5.76. The van der Waals surface area contributed by atoms with Crippen molar-refractivity contribution in [1.29, 1.82) is 0 Å². The van der Waals surface area contributed by atoms with Gasteiger partial charge >= 0.3 is 0 Å². The monoisotopic (exact) mass is 399 g/mol. The minimum Gasteiger partial charge on any atom is -0.322 e. The van der Waals surface area contributed by atoms with Crippen LogP contribution in [0.3, 0.4) is 0 Å². The molecule has 0 aliphatic carbocycles. The van der Waals surface area contributed by atoms with E-state index in [4.69, 9.17) is 11.6 Å². The van der Waals surface area contributed by atoms with Gasteiger partial charge in [0, 0.05) is 24.2 Å². The maximum Gasteiger partial charge on any atom is 0.261 e. The SMILES string of the molecule is O=C(Nc1ccc(F)c(Cl)c1)c1ccc2c(=O)n3c(nc2c1)CCCCCC3. The van der Waals surface area contributed by atoms with Gasteiger partial charge in [0.15, 0.2) is 0 Å². The van der Waals surface area contributed by atoms with Crippen LogP contribution in [0.2, 0.25) is 5.02 Å². The van der Waals surface area contributed by atoms with Gasteiger partial charge in [0.25, 0.3) is 11.5 Å². The number of anilines is 1. The Balaban J connectivity index is 1.68. The Bertz CT molecular complexity index is 1130. The van der Waals surface area contributed by atoms with Gasteiger partial charge in [-0.2, -0.15) is 0 Å². The van der Waals surface area contributed by atoms with Crippen molar-refractivity contribution in [3.8, 4) is 0 Å². The van der Waals surface area contributed by atoms with E-state index in [0.717, 1.165) is 37.9 Å². The molecule has 0 saturated heterocycles. The first-order chi connectivity index (χ1) is 13.5. The molecule has 5 nitrogen and oxygen atoms in total. The second-order valence-electron chi connectivity index (χ2n) is 6.96. The van der Waals surface area contributed by atoms with Gasteiger partial charge in [-0.3, -0.25) is 14.2 Å². The van der Waals surface area contributed by atoms with Crippen LogP contribution in [-0.2, 0) is 13.0 Å². The summed E-state index contributed by atoms with van der Waals surface area (Å²) in [6.07, 6.45) is 4.99. The summed E-state index contributed by atoms with van der Waals surface area (Å²) in [5.74, 6) is -0.148. The lowest BCUT2D eigenvalue weighted by atomic mass is 10.1. The number of fused-ring (bicyclic) bond motifs is 2. The summed E-state index contributed by atoms with van der Waals surface area (Å²) in [5.41, 5.74) is 1.22. The zero-order chi connectivity index (χ0) is 19.7. The molecule has 0 bridgehead atoms. The van der Waals surface area contributed by atoms with Crippen molar-refractivity contribution in [2.45, 2.75) is 38.6 Å². The number of rotatable bonds is 2. The maximum atomic E-state index is 13.3. The smallest absolute Gasteiger partial charge is 0.261 e. The minimum atomic E-state index is -0.550. The van der Waals surface area contributed by atoms with Crippen LogP contribution in [-0.4, -0.2) is 15.5 Å².